The molecule has 1 N–H and O–H groups in total. The van der Waals surface area contributed by atoms with E-state index in [0.717, 1.165) is 11.1 Å². The van der Waals surface area contributed by atoms with Gasteiger partial charge in [0.25, 0.3) is 0 Å². The van der Waals surface area contributed by atoms with E-state index in [2.05, 4.69) is 15.3 Å². The maximum atomic E-state index is 13.5. The van der Waals surface area contributed by atoms with Crippen LogP contribution >= 0.6 is 0 Å². The van der Waals surface area contributed by atoms with Gasteiger partial charge in [0.15, 0.2) is 0 Å². The van der Waals surface area contributed by atoms with Crippen LogP contribution in [0.3, 0.4) is 0 Å². The van der Waals surface area contributed by atoms with Crippen LogP contribution in [0, 0.1) is 6.92 Å². The summed E-state index contributed by atoms with van der Waals surface area (Å²) in [5.41, 5.74) is -1.21. The Morgan fingerprint density at radius 3 is 2.20 bits per heavy atom. The molecule has 2 aromatic carbocycles. The second kappa shape index (κ2) is 10.4. The van der Waals surface area contributed by atoms with Crippen molar-refractivity contribution >= 4 is 11.9 Å². The lowest BCUT2D eigenvalue weighted by atomic mass is 9.85. The number of benzene rings is 2. The minimum absolute atomic E-state index is 0.0975. The van der Waals surface area contributed by atoms with Gasteiger partial charge < -0.3 is 15.0 Å². The van der Waals surface area contributed by atoms with E-state index in [4.69, 9.17) is 4.74 Å². The Morgan fingerprint density at radius 1 is 0.975 bits per heavy atom. The number of nitrogens with zero attached hydrogens (tertiary/aromatic N) is 3. The molecule has 2 unspecified atom stereocenters. The van der Waals surface area contributed by atoms with E-state index in [1.807, 2.05) is 31.2 Å². The van der Waals surface area contributed by atoms with Gasteiger partial charge in [-0.3, -0.25) is 4.79 Å². The zero-order valence-electron chi connectivity index (χ0n) is 21.5. The summed E-state index contributed by atoms with van der Waals surface area (Å²) in [5, 5.41) is 3.06. The van der Waals surface area contributed by atoms with E-state index in [1.54, 1.807) is 23.4 Å². The fraction of sp³-hybridized carbons (Fsp3) is 0.393. The second-order valence-electron chi connectivity index (χ2n) is 10.1. The van der Waals surface area contributed by atoms with Gasteiger partial charge >= 0.3 is 12.4 Å². The third-order valence-electron chi connectivity index (χ3n) is 7.53. The van der Waals surface area contributed by atoms with Gasteiger partial charge in [0.2, 0.25) is 11.9 Å². The molecule has 0 spiro atoms. The number of nitrogens with one attached hydrogen (secondary N) is 1. The number of aromatic nitrogens is 2. The van der Waals surface area contributed by atoms with Crippen LogP contribution in [0.25, 0.3) is 0 Å². The van der Waals surface area contributed by atoms with Gasteiger partial charge in [-0.1, -0.05) is 24.3 Å². The van der Waals surface area contributed by atoms with Crippen LogP contribution in [0.15, 0.2) is 60.9 Å². The molecule has 0 aliphatic carbocycles. The molecule has 5 atom stereocenters. The number of hydrogen-bond donors (Lipinski definition) is 1. The van der Waals surface area contributed by atoms with Crippen LogP contribution in [0.4, 0.5) is 32.3 Å². The van der Waals surface area contributed by atoms with E-state index in [9.17, 15) is 31.1 Å². The standard InChI is InChI=1S/C28H26F6N4O2/c1-15-6-3-4-7-20(15)24-22-13-21(37-26-35-8-5-9-36-26)25(39)38(22)14-23(24)40-16(2)17-10-18(27(29,30)31)12-19(11-17)28(32,33)34/h3-12,16,21-24H,13-14H2,1-2H3,(H,35,36,37)/t16-,21?,22?,23+,24+/m1/s1. The summed E-state index contributed by atoms with van der Waals surface area (Å²) in [6, 6.07) is 9.75. The number of carbonyl (C=O) groups is 1. The molecule has 0 saturated carbocycles. The lowest BCUT2D eigenvalue weighted by Gasteiger charge is -2.28. The average Bonchev–Trinajstić information content (AvgIpc) is 3.39. The predicted octanol–water partition coefficient (Wildman–Crippen LogP) is 6.15. The molecule has 6 nitrogen and oxygen atoms in total. The Kier molecular flexibility index (Phi) is 7.24. The minimum atomic E-state index is -4.97. The highest BCUT2D eigenvalue weighted by Gasteiger charge is 2.53. The Balaban J connectivity index is 1.45. The quantitative estimate of drug-likeness (QED) is 0.364. The number of aryl methyl sites for hydroxylation is 1. The lowest BCUT2D eigenvalue weighted by Crippen LogP contribution is -2.36. The van der Waals surface area contributed by atoms with Crippen LogP contribution in [0.2, 0.25) is 0 Å². The molecule has 1 aromatic heterocycles. The molecule has 3 aromatic rings. The number of fused-ring (bicyclic) bond motifs is 1. The van der Waals surface area contributed by atoms with Crippen LogP contribution in [-0.2, 0) is 21.9 Å². The largest absolute Gasteiger partial charge is 0.416 e. The number of carbonyl (C=O) groups excluding carboxylic acids is 1. The summed E-state index contributed by atoms with van der Waals surface area (Å²) in [6.45, 7) is 3.46. The topological polar surface area (TPSA) is 67.4 Å². The van der Waals surface area contributed by atoms with Crippen molar-refractivity contribution in [2.45, 2.75) is 62.8 Å². The van der Waals surface area contributed by atoms with Crippen LogP contribution in [-0.4, -0.2) is 45.5 Å². The summed E-state index contributed by atoms with van der Waals surface area (Å²) in [7, 11) is 0. The van der Waals surface area contributed by atoms with Gasteiger partial charge in [-0.25, -0.2) is 9.97 Å². The molecule has 40 heavy (non-hydrogen) atoms. The molecule has 5 rings (SSSR count). The number of alkyl halides is 6. The normalized spacial score (nSPS) is 23.8. The van der Waals surface area contributed by atoms with Crippen molar-refractivity contribution in [1.29, 1.82) is 0 Å². The minimum Gasteiger partial charge on any atom is -0.368 e. The highest BCUT2D eigenvalue weighted by molar-refractivity contribution is 5.87. The van der Waals surface area contributed by atoms with Gasteiger partial charge in [0.05, 0.1) is 23.3 Å². The first-order chi connectivity index (χ1) is 18.8. The number of amides is 1. The van der Waals surface area contributed by atoms with Crippen molar-refractivity contribution in [3.63, 3.8) is 0 Å². The van der Waals surface area contributed by atoms with E-state index < -0.39 is 41.7 Å². The predicted molar refractivity (Wildman–Crippen MR) is 133 cm³/mol. The van der Waals surface area contributed by atoms with E-state index in [0.29, 0.717) is 24.5 Å². The first kappa shape index (κ1) is 27.9. The first-order valence-corrected chi connectivity index (χ1v) is 12.7. The lowest BCUT2D eigenvalue weighted by molar-refractivity contribution is -0.143. The van der Waals surface area contributed by atoms with E-state index >= 15 is 0 Å². The second-order valence-corrected chi connectivity index (χ2v) is 10.1. The third kappa shape index (κ3) is 5.49. The highest BCUT2D eigenvalue weighted by Crippen LogP contribution is 2.45. The monoisotopic (exact) mass is 564 g/mol. The maximum Gasteiger partial charge on any atom is 0.416 e. The summed E-state index contributed by atoms with van der Waals surface area (Å²) >= 11 is 0. The summed E-state index contributed by atoms with van der Waals surface area (Å²) < 4.78 is 87.0. The van der Waals surface area contributed by atoms with Gasteiger partial charge in [-0.05, 0) is 61.2 Å². The molecule has 3 heterocycles. The summed E-state index contributed by atoms with van der Waals surface area (Å²) in [4.78, 5) is 23.3. The Bertz CT molecular complexity index is 1350. The van der Waals surface area contributed by atoms with Crippen molar-refractivity contribution in [3.8, 4) is 0 Å². The van der Waals surface area contributed by atoms with Crippen molar-refractivity contribution in [2.75, 3.05) is 11.9 Å². The fourth-order valence-electron chi connectivity index (χ4n) is 5.65. The van der Waals surface area contributed by atoms with Crippen molar-refractivity contribution in [2.24, 2.45) is 0 Å². The summed E-state index contributed by atoms with van der Waals surface area (Å²) in [6.07, 6.45) is -8.21. The van der Waals surface area contributed by atoms with Gasteiger partial charge in [0, 0.05) is 30.9 Å². The van der Waals surface area contributed by atoms with Crippen molar-refractivity contribution in [1.82, 2.24) is 14.9 Å². The smallest absolute Gasteiger partial charge is 0.368 e. The van der Waals surface area contributed by atoms with Crippen LogP contribution in [0.5, 0.6) is 0 Å². The highest BCUT2D eigenvalue weighted by atomic mass is 19.4. The zero-order valence-corrected chi connectivity index (χ0v) is 21.5. The van der Waals surface area contributed by atoms with E-state index in [-0.39, 0.29) is 36.0 Å². The molecule has 2 saturated heterocycles. The molecule has 2 aliphatic heterocycles. The van der Waals surface area contributed by atoms with Crippen molar-refractivity contribution in [3.05, 3.63) is 88.7 Å². The average molecular weight is 565 g/mol. The van der Waals surface area contributed by atoms with Gasteiger partial charge in [-0.2, -0.15) is 26.3 Å². The molecule has 2 fully saturated rings. The van der Waals surface area contributed by atoms with E-state index in [1.165, 1.54) is 6.92 Å². The molecule has 1 amide bonds. The van der Waals surface area contributed by atoms with Crippen LogP contribution < -0.4 is 5.32 Å². The maximum absolute atomic E-state index is 13.5. The number of ether oxygens (including phenoxy) is 1. The Hall–Kier alpha value is -3.67. The molecule has 0 radical (unpaired) electrons. The SMILES string of the molecule is Cc1ccccc1[C@H]1C2CC(Nc3ncccn3)C(=O)N2C[C@@H]1O[C@H](C)c1cc(C(F)(F)F)cc(C(F)(F)F)c1. The van der Waals surface area contributed by atoms with Gasteiger partial charge in [0.1, 0.15) is 6.04 Å². The Morgan fingerprint density at radius 2 is 1.60 bits per heavy atom. The molecule has 12 heteroatoms. The van der Waals surface area contributed by atoms with Crippen molar-refractivity contribution < 1.29 is 35.9 Å². The zero-order chi connectivity index (χ0) is 28.8. The molecule has 212 valence electrons. The molecule has 2 aliphatic rings. The Labute approximate surface area is 226 Å². The molecular weight excluding hydrogens is 538 g/mol. The van der Waals surface area contributed by atoms with Crippen LogP contribution in [0.1, 0.15) is 53.2 Å². The summed E-state index contributed by atoms with van der Waals surface area (Å²) in [5.74, 6) is -0.252. The molecule has 0 bridgehead atoms. The number of halogens is 6. The third-order valence-corrected chi connectivity index (χ3v) is 7.53. The molecular formula is C28H26F6N4O2. The number of rotatable bonds is 6. The number of hydrogen-bond acceptors (Lipinski definition) is 5. The fourth-order valence-corrected chi connectivity index (χ4v) is 5.65. The number of anilines is 1. The first-order valence-electron chi connectivity index (χ1n) is 12.7. The van der Waals surface area contributed by atoms with Gasteiger partial charge in [-0.15, -0.1) is 0 Å².